The van der Waals surface area contributed by atoms with E-state index in [1.165, 1.54) is 23.9 Å². The number of thioether (sulfide) groups is 1. The van der Waals surface area contributed by atoms with Gasteiger partial charge in [-0.15, -0.1) is 24.2 Å². The summed E-state index contributed by atoms with van der Waals surface area (Å²) in [7, 11) is 0. The van der Waals surface area contributed by atoms with Crippen LogP contribution in [0.5, 0.6) is 0 Å². The summed E-state index contributed by atoms with van der Waals surface area (Å²) < 4.78 is 0. The third-order valence-corrected chi connectivity index (χ3v) is 3.87. The van der Waals surface area contributed by atoms with E-state index in [1.54, 1.807) is 12.1 Å². The third-order valence-electron chi connectivity index (χ3n) is 2.76. The van der Waals surface area contributed by atoms with E-state index in [2.05, 4.69) is 17.6 Å². The monoisotopic (exact) mass is 347 g/mol. The third kappa shape index (κ3) is 7.63. The SMILES string of the molecule is CCCNCCNC(=O)C(C)Sc1ccc([N+](=O)[O-])cc1.Cl. The molecule has 0 spiro atoms. The first-order valence-electron chi connectivity index (χ1n) is 6.94. The van der Waals surface area contributed by atoms with Gasteiger partial charge < -0.3 is 10.6 Å². The van der Waals surface area contributed by atoms with Crippen LogP contribution in [-0.2, 0) is 4.79 Å². The highest BCUT2D eigenvalue weighted by atomic mass is 35.5. The summed E-state index contributed by atoms with van der Waals surface area (Å²) in [4.78, 5) is 22.9. The molecule has 0 radical (unpaired) electrons. The van der Waals surface area contributed by atoms with E-state index in [-0.39, 0.29) is 29.3 Å². The average molecular weight is 348 g/mol. The molecule has 0 aliphatic carbocycles. The largest absolute Gasteiger partial charge is 0.354 e. The highest BCUT2D eigenvalue weighted by Crippen LogP contribution is 2.25. The molecule has 0 aliphatic rings. The minimum atomic E-state index is -0.437. The number of nitro groups is 1. The van der Waals surface area contributed by atoms with Gasteiger partial charge in [-0.05, 0) is 32.0 Å². The molecule has 1 unspecified atom stereocenters. The van der Waals surface area contributed by atoms with Crippen LogP contribution in [0.25, 0.3) is 0 Å². The molecule has 8 heteroatoms. The number of benzene rings is 1. The molecule has 124 valence electrons. The minimum absolute atomic E-state index is 0. The molecule has 0 heterocycles. The molecule has 0 aromatic heterocycles. The van der Waals surface area contributed by atoms with E-state index >= 15 is 0 Å². The van der Waals surface area contributed by atoms with Crippen LogP contribution < -0.4 is 10.6 Å². The molecular weight excluding hydrogens is 326 g/mol. The van der Waals surface area contributed by atoms with Gasteiger partial charge in [0.05, 0.1) is 10.2 Å². The standard InChI is InChI=1S/C14H21N3O3S.ClH/c1-3-8-15-9-10-16-14(18)11(2)21-13-6-4-12(5-7-13)17(19)20;/h4-7,11,15H,3,8-10H2,1-2H3,(H,16,18);1H. The Morgan fingerprint density at radius 3 is 2.45 bits per heavy atom. The lowest BCUT2D eigenvalue weighted by Gasteiger charge is -2.12. The lowest BCUT2D eigenvalue weighted by Crippen LogP contribution is -2.36. The van der Waals surface area contributed by atoms with Crippen molar-refractivity contribution in [1.82, 2.24) is 10.6 Å². The van der Waals surface area contributed by atoms with Crippen LogP contribution in [0, 0.1) is 10.1 Å². The molecule has 1 rings (SSSR count). The van der Waals surface area contributed by atoms with E-state index in [4.69, 9.17) is 0 Å². The van der Waals surface area contributed by atoms with Crippen molar-refractivity contribution in [3.05, 3.63) is 34.4 Å². The number of rotatable bonds is 9. The number of carbonyl (C=O) groups excluding carboxylic acids is 1. The van der Waals surface area contributed by atoms with Crippen molar-refractivity contribution in [2.45, 2.75) is 30.4 Å². The number of nitro benzene ring substituents is 1. The molecular formula is C14H22ClN3O3S. The number of amides is 1. The molecule has 2 N–H and O–H groups in total. The zero-order valence-corrected chi connectivity index (χ0v) is 14.3. The molecule has 1 atom stereocenters. The predicted molar refractivity (Wildman–Crippen MR) is 91.8 cm³/mol. The second-order valence-corrected chi connectivity index (χ2v) is 5.97. The first kappa shape index (κ1) is 20.7. The Kier molecular flexibility index (Phi) is 10.6. The van der Waals surface area contributed by atoms with Crippen molar-refractivity contribution in [3.63, 3.8) is 0 Å². The Bertz CT molecular complexity index is 471. The quantitative estimate of drug-likeness (QED) is 0.310. The van der Waals surface area contributed by atoms with Crippen molar-refractivity contribution < 1.29 is 9.72 Å². The smallest absolute Gasteiger partial charge is 0.269 e. The highest BCUT2D eigenvalue weighted by molar-refractivity contribution is 8.00. The van der Waals surface area contributed by atoms with Crippen molar-refractivity contribution >= 4 is 35.8 Å². The normalized spacial score (nSPS) is 11.4. The molecule has 1 aromatic rings. The van der Waals surface area contributed by atoms with Gasteiger partial charge >= 0.3 is 0 Å². The van der Waals surface area contributed by atoms with Gasteiger partial charge in [0.1, 0.15) is 0 Å². The maximum absolute atomic E-state index is 11.9. The van der Waals surface area contributed by atoms with Crippen molar-refractivity contribution in [2.75, 3.05) is 19.6 Å². The van der Waals surface area contributed by atoms with Crippen LogP contribution in [0.15, 0.2) is 29.2 Å². The fourth-order valence-electron chi connectivity index (χ4n) is 1.62. The van der Waals surface area contributed by atoms with E-state index in [0.717, 1.165) is 24.4 Å². The van der Waals surface area contributed by atoms with Crippen LogP contribution >= 0.6 is 24.2 Å². The Balaban J connectivity index is 0.00000441. The minimum Gasteiger partial charge on any atom is -0.354 e. The van der Waals surface area contributed by atoms with E-state index in [0.29, 0.717) is 6.54 Å². The number of non-ortho nitro benzene ring substituents is 1. The Morgan fingerprint density at radius 1 is 1.27 bits per heavy atom. The molecule has 22 heavy (non-hydrogen) atoms. The van der Waals surface area contributed by atoms with E-state index in [1.807, 2.05) is 6.92 Å². The lowest BCUT2D eigenvalue weighted by atomic mass is 10.3. The second kappa shape index (κ2) is 11.3. The fourth-order valence-corrected chi connectivity index (χ4v) is 2.52. The Labute approximate surface area is 141 Å². The molecule has 0 saturated heterocycles. The molecule has 0 aliphatic heterocycles. The predicted octanol–water partition coefficient (Wildman–Crippen LogP) is 2.61. The number of hydrogen-bond acceptors (Lipinski definition) is 5. The Hall–Kier alpha value is -1.31. The summed E-state index contributed by atoms with van der Waals surface area (Å²) in [6.45, 7) is 6.22. The first-order chi connectivity index (χ1) is 10.0. The van der Waals surface area contributed by atoms with Crippen molar-refractivity contribution in [3.8, 4) is 0 Å². The van der Waals surface area contributed by atoms with Gasteiger partial charge in [-0.25, -0.2) is 0 Å². The molecule has 0 fully saturated rings. The molecule has 0 bridgehead atoms. The summed E-state index contributed by atoms with van der Waals surface area (Å²) in [6.07, 6.45) is 1.07. The maximum Gasteiger partial charge on any atom is 0.269 e. The van der Waals surface area contributed by atoms with Gasteiger partial charge in [-0.3, -0.25) is 14.9 Å². The average Bonchev–Trinajstić information content (AvgIpc) is 2.47. The molecule has 6 nitrogen and oxygen atoms in total. The lowest BCUT2D eigenvalue weighted by molar-refractivity contribution is -0.384. The Morgan fingerprint density at radius 2 is 1.91 bits per heavy atom. The van der Waals surface area contributed by atoms with Crippen LogP contribution in [0.3, 0.4) is 0 Å². The van der Waals surface area contributed by atoms with Gasteiger partial charge in [0, 0.05) is 30.1 Å². The fraction of sp³-hybridized carbons (Fsp3) is 0.500. The number of nitrogens with one attached hydrogen (secondary N) is 2. The van der Waals surface area contributed by atoms with Crippen LogP contribution in [0.4, 0.5) is 5.69 Å². The molecule has 1 amide bonds. The number of halogens is 1. The van der Waals surface area contributed by atoms with Crippen LogP contribution in [-0.4, -0.2) is 35.7 Å². The van der Waals surface area contributed by atoms with E-state index < -0.39 is 4.92 Å². The summed E-state index contributed by atoms with van der Waals surface area (Å²) in [5.74, 6) is -0.0309. The summed E-state index contributed by atoms with van der Waals surface area (Å²) in [5, 5.41) is 16.4. The van der Waals surface area contributed by atoms with Gasteiger partial charge in [0.2, 0.25) is 5.91 Å². The second-order valence-electron chi connectivity index (χ2n) is 4.55. The van der Waals surface area contributed by atoms with Gasteiger partial charge in [-0.1, -0.05) is 6.92 Å². The molecule has 1 aromatic carbocycles. The first-order valence-corrected chi connectivity index (χ1v) is 7.82. The van der Waals surface area contributed by atoms with Crippen LogP contribution in [0.1, 0.15) is 20.3 Å². The summed E-state index contributed by atoms with van der Waals surface area (Å²) in [6, 6.07) is 6.22. The summed E-state index contributed by atoms with van der Waals surface area (Å²) >= 11 is 1.39. The number of nitrogens with zero attached hydrogens (tertiary/aromatic N) is 1. The van der Waals surface area contributed by atoms with Gasteiger partial charge in [0.25, 0.3) is 5.69 Å². The zero-order chi connectivity index (χ0) is 15.7. The van der Waals surface area contributed by atoms with Crippen LogP contribution in [0.2, 0.25) is 0 Å². The number of carbonyl (C=O) groups is 1. The topological polar surface area (TPSA) is 84.3 Å². The van der Waals surface area contributed by atoms with E-state index in [9.17, 15) is 14.9 Å². The van der Waals surface area contributed by atoms with Gasteiger partial charge in [-0.2, -0.15) is 0 Å². The van der Waals surface area contributed by atoms with Crippen molar-refractivity contribution in [2.24, 2.45) is 0 Å². The van der Waals surface area contributed by atoms with Gasteiger partial charge in [0.15, 0.2) is 0 Å². The summed E-state index contributed by atoms with van der Waals surface area (Å²) in [5.41, 5.74) is 0.0541. The zero-order valence-electron chi connectivity index (χ0n) is 12.7. The number of hydrogen-bond donors (Lipinski definition) is 2. The van der Waals surface area contributed by atoms with Crippen molar-refractivity contribution in [1.29, 1.82) is 0 Å². The molecule has 0 saturated carbocycles. The highest BCUT2D eigenvalue weighted by Gasteiger charge is 2.14. The maximum atomic E-state index is 11.9.